The molecule has 1 aliphatic rings. The van der Waals surface area contributed by atoms with Crippen LogP contribution in [0.5, 0.6) is 5.75 Å². The predicted molar refractivity (Wildman–Crippen MR) is 98.6 cm³/mol. The summed E-state index contributed by atoms with van der Waals surface area (Å²) in [5, 5.41) is 21.3. The van der Waals surface area contributed by atoms with Crippen LogP contribution >= 0.6 is 0 Å². The second-order valence-corrected chi connectivity index (χ2v) is 6.34. The maximum absolute atomic E-state index is 9.11. The first-order valence-electron chi connectivity index (χ1n) is 8.73. The van der Waals surface area contributed by atoms with Gasteiger partial charge in [-0.3, -0.25) is 4.90 Å². The van der Waals surface area contributed by atoms with Crippen molar-refractivity contribution in [1.82, 2.24) is 9.88 Å². The minimum atomic E-state index is 0.533. The number of hydrogen-bond acceptors (Lipinski definition) is 6. The number of rotatable bonds is 7. The van der Waals surface area contributed by atoms with Crippen molar-refractivity contribution >= 4 is 5.82 Å². The molecule has 0 amide bonds. The van der Waals surface area contributed by atoms with Gasteiger partial charge in [-0.2, -0.15) is 10.5 Å². The second-order valence-electron chi connectivity index (χ2n) is 6.34. The van der Waals surface area contributed by atoms with Gasteiger partial charge < -0.3 is 10.1 Å². The van der Waals surface area contributed by atoms with Crippen LogP contribution in [-0.4, -0.2) is 42.7 Å². The summed E-state index contributed by atoms with van der Waals surface area (Å²) < 4.78 is 5.75. The standard InChI is InChI=1S/C20H21N5O/c21-12-16-3-1-5-19(11-16)26-10-9-25-8-6-17(15-25)14-24-20-18(13-22)4-2-7-23-20/h1-5,7,11,17H,6,8-10,14-15H2,(H,23,24)/t17-/m0/s1. The van der Waals surface area contributed by atoms with Crippen LogP contribution in [0.2, 0.25) is 0 Å². The van der Waals surface area contributed by atoms with E-state index in [0.717, 1.165) is 38.3 Å². The zero-order valence-electron chi connectivity index (χ0n) is 14.6. The molecular formula is C20H21N5O. The van der Waals surface area contributed by atoms with Gasteiger partial charge in [0.2, 0.25) is 0 Å². The van der Waals surface area contributed by atoms with Gasteiger partial charge in [0.15, 0.2) is 0 Å². The molecule has 6 heteroatoms. The van der Waals surface area contributed by atoms with Gasteiger partial charge in [0.1, 0.15) is 24.2 Å². The van der Waals surface area contributed by atoms with Crippen molar-refractivity contribution in [3.63, 3.8) is 0 Å². The summed E-state index contributed by atoms with van der Waals surface area (Å²) in [5.41, 5.74) is 1.19. The highest BCUT2D eigenvalue weighted by Gasteiger charge is 2.22. The highest BCUT2D eigenvalue weighted by Crippen LogP contribution is 2.18. The summed E-state index contributed by atoms with van der Waals surface area (Å²) in [7, 11) is 0. The Bertz CT molecular complexity index is 823. The lowest BCUT2D eigenvalue weighted by atomic mass is 10.1. The van der Waals surface area contributed by atoms with Gasteiger partial charge in [-0.15, -0.1) is 0 Å². The molecule has 26 heavy (non-hydrogen) atoms. The van der Waals surface area contributed by atoms with Crippen molar-refractivity contribution in [2.75, 3.05) is 38.1 Å². The number of anilines is 1. The summed E-state index contributed by atoms with van der Waals surface area (Å²) in [6, 6.07) is 15.1. The molecule has 1 N–H and O–H groups in total. The van der Waals surface area contributed by atoms with Crippen LogP contribution in [0.3, 0.4) is 0 Å². The Morgan fingerprint density at radius 1 is 1.23 bits per heavy atom. The number of ether oxygens (including phenoxy) is 1. The molecule has 1 aromatic carbocycles. The van der Waals surface area contributed by atoms with E-state index in [9.17, 15) is 0 Å². The molecule has 2 heterocycles. The van der Waals surface area contributed by atoms with Crippen LogP contribution < -0.4 is 10.1 Å². The molecule has 2 aromatic rings. The molecule has 0 spiro atoms. The minimum absolute atomic E-state index is 0.533. The van der Waals surface area contributed by atoms with E-state index in [-0.39, 0.29) is 0 Å². The topological polar surface area (TPSA) is 85.0 Å². The lowest BCUT2D eigenvalue weighted by molar-refractivity contribution is 0.233. The molecule has 0 radical (unpaired) electrons. The fraction of sp³-hybridized carbons (Fsp3) is 0.350. The number of hydrogen-bond donors (Lipinski definition) is 1. The normalized spacial score (nSPS) is 16.6. The van der Waals surface area contributed by atoms with Crippen molar-refractivity contribution < 1.29 is 4.74 Å². The highest BCUT2D eigenvalue weighted by atomic mass is 16.5. The number of nitriles is 2. The van der Waals surface area contributed by atoms with E-state index < -0.39 is 0 Å². The van der Waals surface area contributed by atoms with Gasteiger partial charge in [-0.25, -0.2) is 4.98 Å². The van der Waals surface area contributed by atoms with Crippen molar-refractivity contribution in [3.05, 3.63) is 53.7 Å². The summed E-state index contributed by atoms with van der Waals surface area (Å²) in [4.78, 5) is 6.62. The van der Waals surface area contributed by atoms with Gasteiger partial charge in [0, 0.05) is 25.8 Å². The number of pyridine rings is 1. The van der Waals surface area contributed by atoms with E-state index >= 15 is 0 Å². The zero-order chi connectivity index (χ0) is 18.2. The molecular weight excluding hydrogens is 326 g/mol. The number of nitrogens with zero attached hydrogens (tertiary/aromatic N) is 4. The molecule has 1 saturated heterocycles. The highest BCUT2D eigenvalue weighted by molar-refractivity contribution is 5.51. The SMILES string of the molecule is N#Cc1cccc(OCCN2CC[C@@H](CNc3ncccc3C#N)C2)c1. The average molecular weight is 347 g/mol. The van der Waals surface area contributed by atoms with Crippen molar-refractivity contribution in [2.45, 2.75) is 6.42 Å². The van der Waals surface area contributed by atoms with Crippen LogP contribution in [0.1, 0.15) is 17.5 Å². The maximum atomic E-state index is 9.11. The van der Waals surface area contributed by atoms with E-state index in [1.54, 1.807) is 30.5 Å². The van der Waals surface area contributed by atoms with Crippen LogP contribution in [0.15, 0.2) is 42.6 Å². The van der Waals surface area contributed by atoms with Crippen molar-refractivity contribution in [2.24, 2.45) is 5.92 Å². The molecule has 6 nitrogen and oxygen atoms in total. The summed E-state index contributed by atoms with van der Waals surface area (Å²) in [5.74, 6) is 1.93. The third-order valence-corrected chi connectivity index (χ3v) is 4.50. The minimum Gasteiger partial charge on any atom is -0.492 e. The lowest BCUT2D eigenvalue weighted by Gasteiger charge is -2.17. The fourth-order valence-corrected chi connectivity index (χ4v) is 3.11. The first-order valence-corrected chi connectivity index (χ1v) is 8.73. The molecule has 3 rings (SSSR count). The first-order chi connectivity index (χ1) is 12.8. The Labute approximate surface area is 153 Å². The molecule has 1 aliphatic heterocycles. The van der Waals surface area contributed by atoms with Gasteiger partial charge in [-0.1, -0.05) is 6.07 Å². The summed E-state index contributed by atoms with van der Waals surface area (Å²) in [6.45, 7) is 4.33. The molecule has 0 unspecified atom stereocenters. The van der Waals surface area contributed by atoms with Crippen LogP contribution in [0, 0.1) is 28.6 Å². The molecule has 1 aromatic heterocycles. The monoisotopic (exact) mass is 347 g/mol. The van der Waals surface area contributed by atoms with Gasteiger partial charge in [0.05, 0.1) is 17.2 Å². The smallest absolute Gasteiger partial charge is 0.143 e. The fourth-order valence-electron chi connectivity index (χ4n) is 3.11. The average Bonchev–Trinajstić information content (AvgIpc) is 3.14. The van der Waals surface area contributed by atoms with Gasteiger partial charge in [-0.05, 0) is 49.2 Å². The van der Waals surface area contributed by atoms with Crippen LogP contribution in [0.4, 0.5) is 5.82 Å². The Morgan fingerprint density at radius 3 is 3.00 bits per heavy atom. The van der Waals surface area contributed by atoms with E-state index in [4.69, 9.17) is 15.3 Å². The van der Waals surface area contributed by atoms with Crippen LogP contribution in [0.25, 0.3) is 0 Å². The largest absolute Gasteiger partial charge is 0.492 e. The van der Waals surface area contributed by atoms with E-state index in [0.29, 0.717) is 29.5 Å². The summed E-state index contributed by atoms with van der Waals surface area (Å²) in [6.07, 6.45) is 2.81. The van der Waals surface area contributed by atoms with Gasteiger partial charge in [0.25, 0.3) is 0 Å². The second kappa shape index (κ2) is 8.84. The third-order valence-electron chi connectivity index (χ3n) is 4.50. The van der Waals surface area contributed by atoms with Crippen LogP contribution in [-0.2, 0) is 0 Å². The first kappa shape index (κ1) is 17.7. The quantitative estimate of drug-likeness (QED) is 0.829. The van der Waals surface area contributed by atoms with Gasteiger partial charge >= 0.3 is 0 Å². The molecule has 0 saturated carbocycles. The van der Waals surface area contributed by atoms with E-state index in [1.165, 1.54) is 0 Å². The maximum Gasteiger partial charge on any atom is 0.143 e. The predicted octanol–water partition coefficient (Wildman–Crippen LogP) is 2.64. The number of nitrogens with one attached hydrogen (secondary N) is 1. The van der Waals surface area contributed by atoms with E-state index in [2.05, 4.69) is 27.3 Å². The Kier molecular flexibility index (Phi) is 6.03. The number of benzene rings is 1. The Morgan fingerprint density at radius 2 is 2.15 bits per heavy atom. The molecule has 1 fully saturated rings. The Hall–Kier alpha value is -3.09. The lowest BCUT2D eigenvalue weighted by Crippen LogP contribution is -2.27. The molecule has 0 bridgehead atoms. The van der Waals surface area contributed by atoms with E-state index in [1.807, 2.05) is 12.1 Å². The zero-order valence-corrected chi connectivity index (χ0v) is 14.6. The molecule has 1 atom stereocenters. The van der Waals surface area contributed by atoms with Crippen molar-refractivity contribution in [3.8, 4) is 17.9 Å². The number of likely N-dealkylation sites (tertiary alicyclic amines) is 1. The number of aromatic nitrogens is 1. The molecule has 0 aliphatic carbocycles. The molecule has 132 valence electrons. The van der Waals surface area contributed by atoms with Crippen molar-refractivity contribution in [1.29, 1.82) is 10.5 Å². The summed E-state index contributed by atoms with van der Waals surface area (Å²) >= 11 is 0. The Balaban J connectivity index is 1.40. The third kappa shape index (κ3) is 4.72.